The molecular weight excluding hydrogens is 431 g/mol. The summed E-state index contributed by atoms with van der Waals surface area (Å²) in [6, 6.07) is 20.5. The molecule has 3 aromatic heterocycles. The van der Waals surface area contributed by atoms with Gasteiger partial charge >= 0.3 is 0 Å². The lowest BCUT2D eigenvalue weighted by Crippen LogP contribution is -2.12. The number of nitrogens with zero attached hydrogens (tertiary/aromatic N) is 3. The van der Waals surface area contributed by atoms with Gasteiger partial charge in [0.25, 0.3) is 5.91 Å². The molecule has 166 valence electrons. The van der Waals surface area contributed by atoms with Crippen molar-refractivity contribution in [1.82, 2.24) is 15.0 Å². The zero-order valence-corrected chi connectivity index (χ0v) is 17.9. The number of carbonyl (C=O) groups is 1. The Kier molecular flexibility index (Phi) is 5.77. The maximum atomic E-state index is 13.7. The van der Waals surface area contributed by atoms with E-state index in [0.29, 0.717) is 28.0 Å². The van der Waals surface area contributed by atoms with Crippen LogP contribution in [-0.4, -0.2) is 20.9 Å². The first-order valence-corrected chi connectivity index (χ1v) is 10.5. The monoisotopic (exact) mass is 450 g/mol. The van der Waals surface area contributed by atoms with E-state index < -0.39 is 0 Å². The van der Waals surface area contributed by atoms with Crippen LogP contribution in [-0.2, 0) is 0 Å². The Bertz CT molecular complexity index is 1440. The number of halogens is 1. The predicted molar refractivity (Wildman–Crippen MR) is 131 cm³/mol. The van der Waals surface area contributed by atoms with Crippen molar-refractivity contribution in [2.24, 2.45) is 0 Å². The molecule has 2 aromatic carbocycles. The van der Waals surface area contributed by atoms with Crippen LogP contribution in [0.3, 0.4) is 0 Å². The average molecular weight is 450 g/mol. The lowest BCUT2D eigenvalue weighted by Gasteiger charge is -2.11. The smallest absolute Gasteiger partial charge is 0.255 e. The summed E-state index contributed by atoms with van der Waals surface area (Å²) in [5.74, 6) is 0.0778. The third-order valence-electron chi connectivity index (χ3n) is 5.10. The molecule has 3 heterocycles. The standard InChI is InChI=1S/C26H19FN6O/c27-18-3-7-23-22(15-18)24(11-14-29-23)31-19-4-1-17(2-5-19)26(34)33-21-6-8-25(30-16-21)32-20-9-12-28-13-10-20/h1-16H,(H,29,31)(H,33,34)(H,28,30,32). The van der Waals surface area contributed by atoms with E-state index in [1.54, 1.807) is 73.3 Å². The minimum absolute atomic E-state index is 0.250. The van der Waals surface area contributed by atoms with E-state index in [2.05, 4.69) is 30.9 Å². The lowest BCUT2D eigenvalue weighted by atomic mass is 10.1. The molecule has 0 aliphatic heterocycles. The van der Waals surface area contributed by atoms with E-state index in [0.717, 1.165) is 17.1 Å². The van der Waals surface area contributed by atoms with Crippen LogP contribution in [0, 0.1) is 5.82 Å². The van der Waals surface area contributed by atoms with Gasteiger partial charge in [-0.15, -0.1) is 0 Å². The molecule has 8 heteroatoms. The van der Waals surface area contributed by atoms with Gasteiger partial charge in [-0.3, -0.25) is 14.8 Å². The topological polar surface area (TPSA) is 91.8 Å². The number of hydrogen-bond donors (Lipinski definition) is 3. The minimum atomic E-state index is -0.328. The van der Waals surface area contributed by atoms with Crippen molar-refractivity contribution >= 4 is 45.4 Å². The summed E-state index contributed by atoms with van der Waals surface area (Å²) >= 11 is 0. The summed E-state index contributed by atoms with van der Waals surface area (Å²) in [6.07, 6.45) is 6.63. The van der Waals surface area contributed by atoms with E-state index in [1.807, 2.05) is 12.1 Å². The Morgan fingerprint density at radius 1 is 0.735 bits per heavy atom. The normalized spacial score (nSPS) is 10.6. The van der Waals surface area contributed by atoms with E-state index >= 15 is 0 Å². The van der Waals surface area contributed by atoms with Gasteiger partial charge in [0.1, 0.15) is 11.6 Å². The van der Waals surface area contributed by atoms with Gasteiger partial charge in [0.2, 0.25) is 0 Å². The van der Waals surface area contributed by atoms with E-state index in [1.165, 1.54) is 12.1 Å². The fourth-order valence-electron chi connectivity index (χ4n) is 3.42. The van der Waals surface area contributed by atoms with Crippen molar-refractivity contribution in [2.45, 2.75) is 0 Å². The molecule has 0 spiro atoms. The highest BCUT2D eigenvalue weighted by Crippen LogP contribution is 2.26. The van der Waals surface area contributed by atoms with Gasteiger partial charge in [-0.05, 0) is 72.8 Å². The van der Waals surface area contributed by atoms with Crippen LogP contribution < -0.4 is 16.0 Å². The first-order valence-electron chi connectivity index (χ1n) is 10.5. The third-order valence-corrected chi connectivity index (χ3v) is 5.10. The number of pyridine rings is 3. The molecule has 5 aromatic rings. The van der Waals surface area contributed by atoms with Crippen LogP contribution in [0.25, 0.3) is 10.9 Å². The number of hydrogen-bond acceptors (Lipinski definition) is 6. The van der Waals surface area contributed by atoms with Gasteiger partial charge in [0.15, 0.2) is 0 Å². The number of rotatable bonds is 6. The fourth-order valence-corrected chi connectivity index (χ4v) is 3.42. The van der Waals surface area contributed by atoms with E-state index in [4.69, 9.17) is 0 Å². The molecule has 0 atom stereocenters. The number of benzene rings is 2. The highest BCUT2D eigenvalue weighted by molar-refractivity contribution is 6.04. The van der Waals surface area contributed by atoms with Crippen molar-refractivity contribution in [3.05, 3.63) is 109 Å². The van der Waals surface area contributed by atoms with Crippen molar-refractivity contribution in [3.8, 4) is 0 Å². The van der Waals surface area contributed by atoms with E-state index in [-0.39, 0.29) is 11.7 Å². The average Bonchev–Trinajstić information content (AvgIpc) is 2.87. The molecule has 0 aliphatic rings. The number of amides is 1. The molecule has 3 N–H and O–H groups in total. The molecule has 0 saturated carbocycles. The van der Waals surface area contributed by atoms with Crippen LogP contribution in [0.4, 0.5) is 33.0 Å². The Hall–Kier alpha value is -4.85. The Balaban J connectivity index is 1.24. The maximum Gasteiger partial charge on any atom is 0.255 e. The summed E-state index contributed by atoms with van der Waals surface area (Å²) in [4.78, 5) is 25.2. The number of fused-ring (bicyclic) bond motifs is 1. The SMILES string of the molecule is O=C(Nc1ccc(Nc2ccncc2)nc1)c1ccc(Nc2ccnc3ccc(F)cc23)cc1. The highest BCUT2D eigenvalue weighted by Gasteiger charge is 2.08. The van der Waals surface area contributed by atoms with Gasteiger partial charge in [0.05, 0.1) is 17.4 Å². The molecule has 0 radical (unpaired) electrons. The van der Waals surface area contributed by atoms with Crippen molar-refractivity contribution in [1.29, 1.82) is 0 Å². The highest BCUT2D eigenvalue weighted by atomic mass is 19.1. The summed E-state index contributed by atoms with van der Waals surface area (Å²) in [6.45, 7) is 0. The molecule has 5 rings (SSSR count). The molecule has 0 unspecified atom stereocenters. The van der Waals surface area contributed by atoms with Crippen molar-refractivity contribution < 1.29 is 9.18 Å². The first kappa shape index (κ1) is 21.0. The van der Waals surface area contributed by atoms with Gasteiger partial charge in [-0.2, -0.15) is 0 Å². The largest absolute Gasteiger partial charge is 0.355 e. The van der Waals surface area contributed by atoms with Gasteiger partial charge < -0.3 is 16.0 Å². The number of aromatic nitrogens is 3. The number of nitrogens with one attached hydrogen (secondary N) is 3. The molecule has 0 aliphatic carbocycles. The first-order chi connectivity index (χ1) is 16.6. The van der Waals surface area contributed by atoms with Crippen molar-refractivity contribution in [3.63, 3.8) is 0 Å². The quantitative estimate of drug-likeness (QED) is 0.298. The van der Waals surface area contributed by atoms with Crippen LogP contribution in [0.2, 0.25) is 0 Å². The molecule has 34 heavy (non-hydrogen) atoms. The number of carbonyl (C=O) groups excluding carboxylic acids is 1. The van der Waals surface area contributed by atoms with Crippen LogP contribution in [0.15, 0.2) is 97.6 Å². The Morgan fingerprint density at radius 2 is 1.50 bits per heavy atom. The van der Waals surface area contributed by atoms with Crippen LogP contribution in [0.5, 0.6) is 0 Å². The van der Waals surface area contributed by atoms with Crippen molar-refractivity contribution in [2.75, 3.05) is 16.0 Å². The van der Waals surface area contributed by atoms with Gasteiger partial charge in [-0.25, -0.2) is 9.37 Å². The summed E-state index contributed by atoms with van der Waals surface area (Å²) in [7, 11) is 0. The van der Waals surface area contributed by atoms with Crippen LogP contribution >= 0.6 is 0 Å². The maximum absolute atomic E-state index is 13.7. The molecule has 7 nitrogen and oxygen atoms in total. The zero-order chi connectivity index (χ0) is 23.3. The summed E-state index contributed by atoms with van der Waals surface area (Å²) in [5, 5.41) is 9.94. The Labute approximate surface area is 194 Å². The lowest BCUT2D eigenvalue weighted by molar-refractivity contribution is 0.102. The van der Waals surface area contributed by atoms with Gasteiger partial charge in [0, 0.05) is 46.6 Å². The van der Waals surface area contributed by atoms with Crippen LogP contribution in [0.1, 0.15) is 10.4 Å². The molecular formula is C26H19FN6O. The van der Waals surface area contributed by atoms with E-state index in [9.17, 15) is 9.18 Å². The minimum Gasteiger partial charge on any atom is -0.355 e. The zero-order valence-electron chi connectivity index (χ0n) is 17.9. The molecule has 0 fully saturated rings. The summed E-state index contributed by atoms with van der Waals surface area (Å²) < 4.78 is 13.7. The second-order valence-electron chi connectivity index (χ2n) is 7.47. The molecule has 1 amide bonds. The number of anilines is 5. The van der Waals surface area contributed by atoms with Gasteiger partial charge in [-0.1, -0.05) is 0 Å². The molecule has 0 bridgehead atoms. The Morgan fingerprint density at radius 3 is 2.26 bits per heavy atom. The third kappa shape index (κ3) is 4.81. The fraction of sp³-hybridized carbons (Fsp3) is 0. The summed E-state index contributed by atoms with van der Waals surface area (Å²) in [5.41, 5.74) is 4.14. The second kappa shape index (κ2) is 9.33. The predicted octanol–water partition coefficient (Wildman–Crippen LogP) is 5.90. The second-order valence-corrected chi connectivity index (χ2v) is 7.47. The molecule has 0 saturated heterocycles.